The summed E-state index contributed by atoms with van der Waals surface area (Å²) in [4.78, 5) is 0.280. The van der Waals surface area contributed by atoms with Crippen LogP contribution in [-0.4, -0.2) is 24.7 Å². The lowest BCUT2D eigenvalue weighted by atomic mass is 10.3. The Hall–Kier alpha value is -1.86. The molecule has 1 aromatic carbocycles. The third kappa shape index (κ3) is 4.05. The van der Waals surface area contributed by atoms with Crippen molar-refractivity contribution in [2.45, 2.75) is 24.8 Å². The fourth-order valence-corrected chi connectivity index (χ4v) is 2.97. The third-order valence-electron chi connectivity index (χ3n) is 3.10. The average Bonchev–Trinajstić information content (AvgIpc) is 2.89. The second-order valence-corrected chi connectivity index (χ2v) is 6.49. The van der Waals surface area contributed by atoms with Gasteiger partial charge in [0.25, 0.3) is 0 Å². The molecule has 2 rings (SSSR count). The van der Waals surface area contributed by atoms with E-state index in [0.717, 1.165) is 17.8 Å². The van der Waals surface area contributed by atoms with Gasteiger partial charge in [-0.15, -0.1) is 0 Å². The first-order valence-corrected chi connectivity index (χ1v) is 8.31. The SMILES string of the molecule is CCCNS(=O)(=O)c1ccc(NCc2ccnn2C)cc1. The van der Waals surface area contributed by atoms with Gasteiger partial charge in [-0.1, -0.05) is 6.92 Å². The third-order valence-corrected chi connectivity index (χ3v) is 4.58. The summed E-state index contributed by atoms with van der Waals surface area (Å²) in [5, 5.41) is 7.33. The molecule has 21 heavy (non-hydrogen) atoms. The second-order valence-electron chi connectivity index (χ2n) is 4.72. The number of anilines is 1. The summed E-state index contributed by atoms with van der Waals surface area (Å²) in [5.41, 5.74) is 1.92. The number of sulfonamides is 1. The second kappa shape index (κ2) is 6.73. The van der Waals surface area contributed by atoms with Crippen LogP contribution < -0.4 is 10.0 Å². The van der Waals surface area contributed by atoms with Crippen molar-refractivity contribution in [1.82, 2.24) is 14.5 Å². The molecular formula is C14H20N4O2S. The molecule has 6 nitrogen and oxygen atoms in total. The minimum atomic E-state index is -3.40. The van der Waals surface area contributed by atoms with E-state index in [1.807, 2.05) is 20.0 Å². The molecule has 0 fully saturated rings. The summed E-state index contributed by atoms with van der Waals surface area (Å²) >= 11 is 0. The summed E-state index contributed by atoms with van der Waals surface area (Å²) in [6.45, 7) is 3.01. The number of hydrogen-bond acceptors (Lipinski definition) is 4. The van der Waals surface area contributed by atoms with Gasteiger partial charge >= 0.3 is 0 Å². The summed E-state index contributed by atoms with van der Waals surface area (Å²) < 4.78 is 28.2. The van der Waals surface area contributed by atoms with Crippen molar-refractivity contribution >= 4 is 15.7 Å². The molecule has 114 valence electrons. The van der Waals surface area contributed by atoms with Crippen molar-refractivity contribution in [3.8, 4) is 0 Å². The molecule has 0 aliphatic rings. The van der Waals surface area contributed by atoms with Crippen LogP contribution in [0.3, 0.4) is 0 Å². The number of benzene rings is 1. The molecular weight excluding hydrogens is 288 g/mol. The minimum Gasteiger partial charge on any atom is -0.379 e. The van der Waals surface area contributed by atoms with Gasteiger partial charge in [0.1, 0.15) is 0 Å². The standard InChI is InChI=1S/C14H20N4O2S/c1-3-9-17-21(19,20)14-6-4-12(5-7-14)15-11-13-8-10-16-18(13)2/h4-8,10,15,17H,3,9,11H2,1-2H3. The van der Waals surface area contributed by atoms with Crippen LogP contribution in [0.4, 0.5) is 5.69 Å². The number of nitrogens with zero attached hydrogens (tertiary/aromatic N) is 2. The van der Waals surface area contributed by atoms with Gasteiger partial charge in [0.15, 0.2) is 0 Å². The molecule has 0 amide bonds. The first-order chi connectivity index (χ1) is 10.0. The average molecular weight is 308 g/mol. The topological polar surface area (TPSA) is 76.0 Å². The van der Waals surface area contributed by atoms with E-state index in [-0.39, 0.29) is 4.90 Å². The maximum absolute atomic E-state index is 11.9. The molecule has 0 spiro atoms. The Kier molecular flexibility index (Phi) is 4.98. The zero-order valence-corrected chi connectivity index (χ0v) is 13.0. The number of nitrogens with one attached hydrogen (secondary N) is 2. The van der Waals surface area contributed by atoms with Crippen molar-refractivity contribution in [2.24, 2.45) is 7.05 Å². The van der Waals surface area contributed by atoms with Crippen molar-refractivity contribution in [1.29, 1.82) is 0 Å². The summed E-state index contributed by atoms with van der Waals surface area (Å²) in [6.07, 6.45) is 2.51. The summed E-state index contributed by atoms with van der Waals surface area (Å²) in [6, 6.07) is 8.65. The molecule has 2 N–H and O–H groups in total. The molecule has 0 saturated heterocycles. The Bertz CT molecular complexity index is 677. The van der Waals surface area contributed by atoms with Gasteiger partial charge in [-0.3, -0.25) is 4.68 Å². The predicted octanol–water partition coefficient (Wildman–Crippen LogP) is 1.72. The van der Waals surface area contributed by atoms with E-state index in [1.54, 1.807) is 35.1 Å². The van der Waals surface area contributed by atoms with E-state index in [0.29, 0.717) is 13.1 Å². The molecule has 1 aromatic heterocycles. The Labute approximate surface area is 125 Å². The Balaban J connectivity index is 2.00. The van der Waals surface area contributed by atoms with Crippen LogP contribution in [0.2, 0.25) is 0 Å². The van der Waals surface area contributed by atoms with Crippen LogP contribution in [0.25, 0.3) is 0 Å². The minimum absolute atomic E-state index is 0.280. The first-order valence-electron chi connectivity index (χ1n) is 6.83. The van der Waals surface area contributed by atoms with Crippen molar-refractivity contribution in [3.05, 3.63) is 42.2 Å². The number of aromatic nitrogens is 2. The molecule has 0 radical (unpaired) electrons. The molecule has 0 aliphatic heterocycles. The van der Waals surface area contributed by atoms with Crippen LogP contribution in [0.15, 0.2) is 41.4 Å². The van der Waals surface area contributed by atoms with E-state index in [1.165, 1.54) is 0 Å². The molecule has 7 heteroatoms. The number of rotatable bonds is 7. The summed E-state index contributed by atoms with van der Waals surface area (Å²) in [5.74, 6) is 0. The van der Waals surface area contributed by atoms with Gasteiger partial charge in [0.2, 0.25) is 10.0 Å². The Morgan fingerprint density at radius 1 is 1.19 bits per heavy atom. The molecule has 1 heterocycles. The monoisotopic (exact) mass is 308 g/mol. The van der Waals surface area contributed by atoms with E-state index >= 15 is 0 Å². The van der Waals surface area contributed by atoms with Gasteiger partial charge < -0.3 is 5.32 Å². The Morgan fingerprint density at radius 3 is 2.48 bits per heavy atom. The van der Waals surface area contributed by atoms with Crippen molar-refractivity contribution in [2.75, 3.05) is 11.9 Å². The van der Waals surface area contributed by atoms with Gasteiger partial charge in [-0.25, -0.2) is 13.1 Å². The molecule has 0 saturated carbocycles. The van der Waals surface area contributed by atoms with E-state index in [9.17, 15) is 8.42 Å². The maximum Gasteiger partial charge on any atom is 0.240 e. The lowest BCUT2D eigenvalue weighted by molar-refractivity contribution is 0.581. The largest absolute Gasteiger partial charge is 0.379 e. The van der Waals surface area contributed by atoms with E-state index in [2.05, 4.69) is 15.1 Å². The number of hydrogen-bond donors (Lipinski definition) is 2. The Morgan fingerprint density at radius 2 is 1.90 bits per heavy atom. The molecule has 0 unspecified atom stereocenters. The zero-order valence-electron chi connectivity index (χ0n) is 12.2. The quantitative estimate of drug-likeness (QED) is 0.816. The van der Waals surface area contributed by atoms with Crippen molar-refractivity contribution < 1.29 is 8.42 Å². The molecule has 0 atom stereocenters. The molecule has 0 aliphatic carbocycles. The van der Waals surface area contributed by atoms with E-state index in [4.69, 9.17) is 0 Å². The highest BCUT2D eigenvalue weighted by Crippen LogP contribution is 2.14. The van der Waals surface area contributed by atoms with E-state index < -0.39 is 10.0 Å². The highest BCUT2D eigenvalue weighted by molar-refractivity contribution is 7.89. The maximum atomic E-state index is 11.9. The normalized spacial score (nSPS) is 11.5. The lowest BCUT2D eigenvalue weighted by Crippen LogP contribution is -2.24. The number of aryl methyl sites for hydroxylation is 1. The highest BCUT2D eigenvalue weighted by Gasteiger charge is 2.12. The predicted molar refractivity (Wildman–Crippen MR) is 82.5 cm³/mol. The smallest absolute Gasteiger partial charge is 0.240 e. The van der Waals surface area contributed by atoms with Crippen molar-refractivity contribution in [3.63, 3.8) is 0 Å². The van der Waals surface area contributed by atoms with Gasteiger partial charge in [-0.05, 0) is 36.8 Å². The first kappa shape index (κ1) is 15.5. The molecule has 0 bridgehead atoms. The van der Waals surface area contributed by atoms with Crippen LogP contribution >= 0.6 is 0 Å². The highest BCUT2D eigenvalue weighted by atomic mass is 32.2. The van der Waals surface area contributed by atoms with Gasteiger partial charge in [0.05, 0.1) is 17.1 Å². The van der Waals surface area contributed by atoms with Gasteiger partial charge in [-0.2, -0.15) is 5.10 Å². The van der Waals surface area contributed by atoms with Crippen LogP contribution in [0.1, 0.15) is 19.0 Å². The summed E-state index contributed by atoms with van der Waals surface area (Å²) in [7, 11) is -1.51. The molecule has 2 aromatic rings. The fourth-order valence-electron chi connectivity index (χ4n) is 1.84. The zero-order chi connectivity index (χ0) is 15.3. The van der Waals surface area contributed by atoms with Crippen LogP contribution in [0, 0.1) is 0 Å². The van der Waals surface area contributed by atoms with Crippen LogP contribution in [-0.2, 0) is 23.6 Å². The van der Waals surface area contributed by atoms with Gasteiger partial charge in [0, 0.05) is 25.5 Å². The van der Waals surface area contributed by atoms with Crippen LogP contribution in [0.5, 0.6) is 0 Å². The fraction of sp³-hybridized carbons (Fsp3) is 0.357. The lowest BCUT2D eigenvalue weighted by Gasteiger charge is -2.09.